The van der Waals surface area contributed by atoms with Crippen LogP contribution in [-0.2, 0) is 9.53 Å². The van der Waals surface area contributed by atoms with Crippen LogP contribution in [-0.4, -0.2) is 36.6 Å². The second-order valence-electron chi connectivity index (χ2n) is 13.5. The summed E-state index contributed by atoms with van der Waals surface area (Å²) in [5.74, 6) is 0.510. The lowest BCUT2D eigenvalue weighted by molar-refractivity contribution is -0.153. The Morgan fingerprint density at radius 2 is 1.00 bits per heavy atom. The lowest BCUT2D eigenvalue weighted by Gasteiger charge is -2.28. The fraction of sp³-hybridized carbons (Fsp3) is 0.829. The molecule has 0 aromatic heterocycles. The van der Waals surface area contributed by atoms with E-state index in [9.17, 15) is 4.79 Å². The Labute approximate surface area is 275 Å². The topological polar surface area (TPSA) is 29.5 Å². The maximum absolute atomic E-state index is 13.2. The number of likely N-dealkylation sites (tertiary alicyclic amines) is 1. The van der Waals surface area contributed by atoms with E-state index in [0.29, 0.717) is 12.3 Å². The number of hydrogen-bond acceptors (Lipinski definition) is 3. The Hall–Kier alpha value is -1.35. The molecule has 1 unspecified atom stereocenters. The quantitative estimate of drug-likeness (QED) is 0.0458. The molecule has 1 rings (SSSR count). The molecule has 3 nitrogen and oxygen atoms in total. The van der Waals surface area contributed by atoms with Gasteiger partial charge in [-0.3, -0.25) is 4.79 Å². The van der Waals surface area contributed by atoms with Crippen LogP contribution in [0.15, 0.2) is 36.5 Å². The zero-order valence-corrected chi connectivity index (χ0v) is 29.9. The number of hydrogen-bond donors (Lipinski definition) is 0. The second kappa shape index (κ2) is 31.6. The van der Waals surface area contributed by atoms with Gasteiger partial charge in [-0.05, 0) is 141 Å². The standard InChI is InChI=1S/C41H75NO2/c1-4-7-10-13-16-19-22-26-32-39(33-27-23-20-17-14-11-8-5-2)40(34-28-24-21-18-15-12-9-6-3)44-41(43)35-31-38-42-36-29-25-30-37-42/h16-21,39-40H,4-15,22-38H2,1-3H3/b19-16-,20-17-,21-18-. The minimum absolute atomic E-state index is 0.0405. The minimum atomic E-state index is 0.0405. The molecule has 1 fully saturated rings. The van der Waals surface area contributed by atoms with E-state index in [1.807, 2.05) is 0 Å². The third-order valence-corrected chi connectivity index (χ3v) is 9.29. The number of carbonyl (C=O) groups excluding carboxylic acids is 1. The van der Waals surface area contributed by atoms with Crippen LogP contribution in [0.4, 0.5) is 0 Å². The van der Waals surface area contributed by atoms with E-state index < -0.39 is 0 Å². The number of ether oxygens (including phenoxy) is 1. The number of piperidine rings is 1. The molecule has 44 heavy (non-hydrogen) atoms. The van der Waals surface area contributed by atoms with Gasteiger partial charge >= 0.3 is 5.97 Å². The van der Waals surface area contributed by atoms with Crippen molar-refractivity contribution >= 4 is 5.97 Å². The van der Waals surface area contributed by atoms with E-state index in [-0.39, 0.29) is 12.1 Å². The van der Waals surface area contributed by atoms with Gasteiger partial charge in [-0.15, -0.1) is 0 Å². The van der Waals surface area contributed by atoms with E-state index in [0.717, 1.165) is 57.9 Å². The van der Waals surface area contributed by atoms with Gasteiger partial charge in [0.05, 0.1) is 0 Å². The number of nitrogens with zero attached hydrogens (tertiary/aromatic N) is 1. The average molecular weight is 614 g/mol. The molecule has 0 amide bonds. The molecule has 0 aromatic rings. The molecule has 1 aliphatic heterocycles. The van der Waals surface area contributed by atoms with Crippen LogP contribution in [0.1, 0.15) is 188 Å². The summed E-state index contributed by atoms with van der Waals surface area (Å²) in [6, 6.07) is 0. The smallest absolute Gasteiger partial charge is 0.306 e. The number of unbranched alkanes of at least 4 members (excludes halogenated alkanes) is 12. The normalized spacial score (nSPS) is 15.4. The molecule has 1 atom stereocenters. The fourth-order valence-electron chi connectivity index (χ4n) is 6.44. The monoisotopic (exact) mass is 614 g/mol. The van der Waals surface area contributed by atoms with Gasteiger partial charge in [0.15, 0.2) is 0 Å². The third kappa shape index (κ3) is 24.9. The van der Waals surface area contributed by atoms with Crippen LogP contribution in [0.5, 0.6) is 0 Å². The van der Waals surface area contributed by atoms with Crippen LogP contribution in [0, 0.1) is 5.92 Å². The summed E-state index contributed by atoms with van der Waals surface area (Å²) >= 11 is 0. The highest BCUT2D eigenvalue weighted by atomic mass is 16.5. The first-order chi connectivity index (χ1) is 21.7. The second-order valence-corrected chi connectivity index (χ2v) is 13.5. The molecule has 0 aliphatic carbocycles. The molecule has 0 radical (unpaired) electrons. The fourth-order valence-corrected chi connectivity index (χ4v) is 6.44. The SMILES string of the molecule is CCCCC/C=C\CCCC(CCC/C=C\CCCCC)C(CCC/C=C\CCCCC)OC(=O)CCCN1CCCCC1. The highest BCUT2D eigenvalue weighted by molar-refractivity contribution is 5.69. The Bertz CT molecular complexity index is 679. The molecular formula is C41H75NO2. The van der Waals surface area contributed by atoms with Crippen molar-refractivity contribution in [3.8, 4) is 0 Å². The molecular weight excluding hydrogens is 538 g/mol. The molecule has 1 heterocycles. The summed E-state index contributed by atoms with van der Waals surface area (Å²) in [7, 11) is 0. The Morgan fingerprint density at radius 3 is 1.45 bits per heavy atom. The lowest BCUT2D eigenvalue weighted by Crippen LogP contribution is -2.31. The molecule has 0 spiro atoms. The molecule has 1 saturated heterocycles. The van der Waals surface area contributed by atoms with E-state index >= 15 is 0 Å². The predicted octanol–water partition coefficient (Wildman–Crippen LogP) is 12.7. The largest absolute Gasteiger partial charge is 0.462 e. The van der Waals surface area contributed by atoms with E-state index in [2.05, 4.69) is 62.1 Å². The van der Waals surface area contributed by atoms with Gasteiger partial charge in [0.2, 0.25) is 0 Å². The summed E-state index contributed by atoms with van der Waals surface area (Å²) in [6.45, 7) is 10.3. The van der Waals surface area contributed by atoms with Crippen molar-refractivity contribution in [2.75, 3.05) is 19.6 Å². The van der Waals surface area contributed by atoms with Gasteiger partial charge in [-0.1, -0.05) is 102 Å². The first kappa shape index (κ1) is 40.7. The highest BCUT2D eigenvalue weighted by Gasteiger charge is 2.24. The Balaban J connectivity index is 2.73. The van der Waals surface area contributed by atoms with Crippen LogP contribution in [0.25, 0.3) is 0 Å². The highest BCUT2D eigenvalue weighted by Crippen LogP contribution is 2.27. The summed E-state index contributed by atoms with van der Waals surface area (Å²) in [4.78, 5) is 15.7. The zero-order valence-electron chi connectivity index (χ0n) is 29.9. The van der Waals surface area contributed by atoms with Crippen LogP contribution in [0.2, 0.25) is 0 Å². The predicted molar refractivity (Wildman–Crippen MR) is 194 cm³/mol. The van der Waals surface area contributed by atoms with Crippen LogP contribution in [0.3, 0.4) is 0 Å². The zero-order chi connectivity index (χ0) is 31.8. The number of allylic oxidation sites excluding steroid dienone is 6. The van der Waals surface area contributed by atoms with Crippen molar-refractivity contribution in [3.63, 3.8) is 0 Å². The van der Waals surface area contributed by atoms with Gasteiger partial charge in [-0.25, -0.2) is 0 Å². The molecule has 0 aromatic carbocycles. The first-order valence-electron chi connectivity index (χ1n) is 19.6. The van der Waals surface area contributed by atoms with Crippen molar-refractivity contribution in [1.29, 1.82) is 0 Å². The molecule has 0 N–H and O–H groups in total. The number of rotatable bonds is 30. The molecule has 3 heteroatoms. The van der Waals surface area contributed by atoms with Gasteiger partial charge in [0.1, 0.15) is 6.10 Å². The number of esters is 1. The lowest BCUT2D eigenvalue weighted by atomic mass is 9.87. The van der Waals surface area contributed by atoms with E-state index in [4.69, 9.17) is 4.74 Å². The Kier molecular flexibility index (Phi) is 29.2. The first-order valence-corrected chi connectivity index (χ1v) is 19.6. The minimum Gasteiger partial charge on any atom is -0.462 e. The Morgan fingerprint density at radius 1 is 0.568 bits per heavy atom. The van der Waals surface area contributed by atoms with Crippen molar-refractivity contribution < 1.29 is 9.53 Å². The van der Waals surface area contributed by atoms with Crippen LogP contribution >= 0.6 is 0 Å². The number of carbonyl (C=O) groups is 1. The summed E-state index contributed by atoms with van der Waals surface area (Å²) in [6.07, 6.45) is 45.5. The molecule has 0 bridgehead atoms. The van der Waals surface area contributed by atoms with Crippen molar-refractivity contribution in [1.82, 2.24) is 4.90 Å². The summed E-state index contributed by atoms with van der Waals surface area (Å²) < 4.78 is 6.39. The van der Waals surface area contributed by atoms with E-state index in [1.165, 1.54) is 122 Å². The van der Waals surface area contributed by atoms with Crippen molar-refractivity contribution in [2.24, 2.45) is 5.92 Å². The molecule has 256 valence electrons. The summed E-state index contributed by atoms with van der Waals surface area (Å²) in [5.41, 5.74) is 0. The maximum atomic E-state index is 13.2. The van der Waals surface area contributed by atoms with Gasteiger partial charge in [-0.2, -0.15) is 0 Å². The van der Waals surface area contributed by atoms with Crippen molar-refractivity contribution in [3.05, 3.63) is 36.5 Å². The molecule has 0 saturated carbocycles. The summed E-state index contributed by atoms with van der Waals surface area (Å²) in [5, 5.41) is 0. The maximum Gasteiger partial charge on any atom is 0.306 e. The van der Waals surface area contributed by atoms with Gasteiger partial charge in [0.25, 0.3) is 0 Å². The third-order valence-electron chi connectivity index (χ3n) is 9.29. The van der Waals surface area contributed by atoms with E-state index in [1.54, 1.807) is 0 Å². The molecule has 1 aliphatic rings. The van der Waals surface area contributed by atoms with Gasteiger partial charge < -0.3 is 9.64 Å². The van der Waals surface area contributed by atoms with Crippen LogP contribution < -0.4 is 0 Å². The average Bonchev–Trinajstić information content (AvgIpc) is 3.03. The van der Waals surface area contributed by atoms with Gasteiger partial charge in [0, 0.05) is 6.42 Å². The van der Waals surface area contributed by atoms with Crippen molar-refractivity contribution in [2.45, 2.75) is 194 Å².